The molecule has 0 bridgehead atoms. The van der Waals surface area contributed by atoms with Crippen molar-refractivity contribution in [3.63, 3.8) is 0 Å². The van der Waals surface area contributed by atoms with Crippen LogP contribution in [0.15, 0.2) is 60.8 Å². The van der Waals surface area contributed by atoms with Crippen LogP contribution in [-0.2, 0) is 13.0 Å². The van der Waals surface area contributed by atoms with Gasteiger partial charge in [-0.2, -0.15) is 0 Å². The number of hydrogen-bond donors (Lipinski definition) is 0. The number of nitrogens with zero attached hydrogens (tertiary/aromatic N) is 3. The third kappa shape index (κ3) is 3.40. The van der Waals surface area contributed by atoms with Gasteiger partial charge in [-0.25, -0.2) is 4.98 Å². The Morgan fingerprint density at radius 2 is 1.79 bits per heavy atom. The molecule has 2 aliphatic rings. The number of ether oxygens (including phenoxy) is 1. The number of anilines is 1. The second-order valence-corrected chi connectivity index (χ2v) is 9.60. The van der Waals surface area contributed by atoms with Crippen LogP contribution >= 0.6 is 0 Å². The Kier molecular flexibility index (Phi) is 4.90. The second kappa shape index (κ2) is 7.95. The van der Waals surface area contributed by atoms with Crippen molar-refractivity contribution < 1.29 is 4.74 Å². The summed E-state index contributed by atoms with van der Waals surface area (Å²) in [6, 6.07) is 20.1. The Morgan fingerprint density at radius 3 is 2.55 bits per heavy atom. The summed E-state index contributed by atoms with van der Waals surface area (Å²) in [5, 5.41) is 1.32. The van der Waals surface area contributed by atoms with E-state index in [1.807, 2.05) is 18.3 Å². The topological polar surface area (TPSA) is 30.3 Å². The molecule has 0 radical (unpaired) electrons. The van der Waals surface area contributed by atoms with Gasteiger partial charge in [-0.1, -0.05) is 36.4 Å². The molecule has 4 aromatic rings. The lowest BCUT2D eigenvalue weighted by Crippen LogP contribution is -2.37. The van der Waals surface area contributed by atoms with Gasteiger partial charge in [0.15, 0.2) is 5.82 Å². The summed E-state index contributed by atoms with van der Waals surface area (Å²) in [5.74, 6) is 2.77. The molecule has 168 valence electrons. The van der Waals surface area contributed by atoms with E-state index >= 15 is 0 Å². The Morgan fingerprint density at radius 1 is 1.00 bits per heavy atom. The van der Waals surface area contributed by atoms with Crippen LogP contribution < -0.4 is 9.64 Å². The zero-order chi connectivity index (χ0) is 22.5. The van der Waals surface area contributed by atoms with E-state index in [0.717, 1.165) is 37.0 Å². The third-order valence-corrected chi connectivity index (χ3v) is 7.70. The molecular weight excluding hydrogens is 406 g/mol. The second-order valence-electron chi connectivity index (χ2n) is 9.60. The number of fused-ring (bicyclic) bond motifs is 2. The van der Waals surface area contributed by atoms with Crippen molar-refractivity contribution in [1.82, 2.24) is 9.55 Å². The summed E-state index contributed by atoms with van der Waals surface area (Å²) in [4.78, 5) is 7.65. The predicted molar refractivity (Wildman–Crippen MR) is 134 cm³/mol. The van der Waals surface area contributed by atoms with Crippen molar-refractivity contribution in [3.05, 3.63) is 88.7 Å². The molecule has 2 aromatic carbocycles. The fraction of sp³-hybridized carbons (Fsp3) is 0.345. The summed E-state index contributed by atoms with van der Waals surface area (Å²) in [6.07, 6.45) is 5.72. The molecule has 1 atom stereocenters. The molecule has 1 saturated carbocycles. The summed E-state index contributed by atoms with van der Waals surface area (Å²) in [7, 11) is 1.72. The van der Waals surface area contributed by atoms with Crippen LogP contribution in [0.5, 0.6) is 5.75 Å². The van der Waals surface area contributed by atoms with E-state index in [-0.39, 0.29) is 0 Å². The maximum atomic E-state index is 5.36. The van der Waals surface area contributed by atoms with Gasteiger partial charge in [0.05, 0.1) is 18.7 Å². The van der Waals surface area contributed by atoms with E-state index in [1.54, 1.807) is 7.11 Å². The number of methoxy groups -OCH3 is 1. The summed E-state index contributed by atoms with van der Waals surface area (Å²) in [5.41, 5.74) is 8.23. The smallest absolute Gasteiger partial charge is 0.153 e. The average molecular weight is 438 g/mol. The normalized spacial score (nSPS) is 17.9. The summed E-state index contributed by atoms with van der Waals surface area (Å²) < 4.78 is 7.83. The molecule has 1 fully saturated rings. The van der Waals surface area contributed by atoms with Crippen LogP contribution in [0.3, 0.4) is 0 Å². The quantitative estimate of drug-likeness (QED) is 0.371. The molecular formula is C29H31N3O. The molecule has 4 nitrogen and oxygen atoms in total. The van der Waals surface area contributed by atoms with Crippen LogP contribution in [0.4, 0.5) is 5.82 Å². The molecule has 1 aliphatic carbocycles. The Balaban J connectivity index is 1.48. The van der Waals surface area contributed by atoms with Crippen molar-refractivity contribution in [1.29, 1.82) is 0 Å². The molecule has 0 saturated heterocycles. The van der Waals surface area contributed by atoms with Crippen molar-refractivity contribution in [2.24, 2.45) is 5.92 Å². The van der Waals surface area contributed by atoms with Gasteiger partial charge in [0, 0.05) is 30.4 Å². The molecule has 1 unspecified atom stereocenters. The van der Waals surface area contributed by atoms with Gasteiger partial charge in [-0.05, 0) is 79.5 Å². The minimum Gasteiger partial charge on any atom is -0.497 e. The predicted octanol–water partition coefficient (Wildman–Crippen LogP) is 6.22. The fourth-order valence-corrected chi connectivity index (χ4v) is 5.65. The molecule has 0 N–H and O–H groups in total. The van der Waals surface area contributed by atoms with Gasteiger partial charge in [-0.15, -0.1) is 0 Å². The minimum absolute atomic E-state index is 0.429. The van der Waals surface area contributed by atoms with E-state index < -0.39 is 0 Å². The standard InChI is InChI=1S/C29H31N3O/c1-19-20(2)32(18-21-8-12-24(33-3)13-9-21)28-25(19)14-16-30-29(28)31-17-15-22-6-4-5-7-26(22)27(31)23-10-11-23/h4-9,12-14,16,23,27H,10-11,15,17-18H2,1-3H3. The Bertz CT molecular complexity index is 1320. The highest BCUT2D eigenvalue weighted by Gasteiger charge is 2.40. The minimum atomic E-state index is 0.429. The molecule has 4 heteroatoms. The van der Waals surface area contributed by atoms with E-state index in [2.05, 4.69) is 65.8 Å². The molecule has 33 heavy (non-hydrogen) atoms. The SMILES string of the molecule is COc1ccc(Cn2c(C)c(C)c3ccnc(N4CCc5ccccc5C4C4CC4)c32)cc1. The zero-order valence-electron chi connectivity index (χ0n) is 19.7. The van der Waals surface area contributed by atoms with Gasteiger partial charge in [-0.3, -0.25) is 0 Å². The number of pyridine rings is 1. The maximum Gasteiger partial charge on any atom is 0.153 e. The first kappa shape index (κ1) is 20.3. The summed E-state index contributed by atoms with van der Waals surface area (Å²) >= 11 is 0. The van der Waals surface area contributed by atoms with E-state index in [1.165, 1.54) is 51.7 Å². The first-order chi connectivity index (χ1) is 16.2. The lowest BCUT2D eigenvalue weighted by molar-refractivity contribution is 0.414. The van der Waals surface area contributed by atoms with Gasteiger partial charge in [0.25, 0.3) is 0 Å². The van der Waals surface area contributed by atoms with Crippen molar-refractivity contribution in [2.75, 3.05) is 18.6 Å². The molecule has 2 aromatic heterocycles. The Hall–Kier alpha value is -3.27. The van der Waals surface area contributed by atoms with E-state index in [0.29, 0.717) is 6.04 Å². The molecule has 6 rings (SSSR count). The highest BCUT2D eigenvalue weighted by molar-refractivity contribution is 5.94. The van der Waals surface area contributed by atoms with E-state index in [4.69, 9.17) is 9.72 Å². The van der Waals surface area contributed by atoms with Gasteiger partial charge < -0.3 is 14.2 Å². The molecule has 1 aliphatic heterocycles. The lowest BCUT2D eigenvalue weighted by Gasteiger charge is -2.39. The number of aryl methyl sites for hydroxylation is 1. The number of aromatic nitrogens is 2. The van der Waals surface area contributed by atoms with Gasteiger partial charge >= 0.3 is 0 Å². The summed E-state index contributed by atoms with van der Waals surface area (Å²) in [6.45, 7) is 6.34. The fourth-order valence-electron chi connectivity index (χ4n) is 5.65. The largest absolute Gasteiger partial charge is 0.497 e. The van der Waals surface area contributed by atoms with Gasteiger partial charge in [0.2, 0.25) is 0 Å². The first-order valence-corrected chi connectivity index (χ1v) is 12.1. The highest BCUT2D eigenvalue weighted by atomic mass is 16.5. The monoisotopic (exact) mass is 437 g/mol. The van der Waals surface area contributed by atoms with Crippen LogP contribution in [0.25, 0.3) is 10.9 Å². The van der Waals surface area contributed by atoms with Crippen LogP contribution in [0, 0.1) is 19.8 Å². The van der Waals surface area contributed by atoms with E-state index in [9.17, 15) is 0 Å². The third-order valence-electron chi connectivity index (χ3n) is 7.70. The van der Waals surface area contributed by atoms with Crippen molar-refractivity contribution in [3.8, 4) is 5.75 Å². The lowest BCUT2D eigenvalue weighted by atomic mass is 9.89. The van der Waals surface area contributed by atoms with Crippen LogP contribution in [0.2, 0.25) is 0 Å². The van der Waals surface area contributed by atoms with Crippen molar-refractivity contribution >= 4 is 16.7 Å². The number of rotatable bonds is 5. The Labute approximate surface area is 195 Å². The highest BCUT2D eigenvalue weighted by Crippen LogP contribution is 2.49. The zero-order valence-corrected chi connectivity index (χ0v) is 19.7. The molecule has 3 heterocycles. The first-order valence-electron chi connectivity index (χ1n) is 12.1. The molecule has 0 spiro atoms. The molecule has 0 amide bonds. The van der Waals surface area contributed by atoms with Crippen LogP contribution in [-0.4, -0.2) is 23.2 Å². The van der Waals surface area contributed by atoms with Crippen LogP contribution in [0.1, 0.15) is 46.8 Å². The average Bonchev–Trinajstić information content (AvgIpc) is 3.67. The maximum absolute atomic E-state index is 5.36. The number of benzene rings is 2. The van der Waals surface area contributed by atoms with Gasteiger partial charge in [0.1, 0.15) is 5.75 Å². The van der Waals surface area contributed by atoms with Crippen molar-refractivity contribution in [2.45, 2.75) is 45.7 Å². The number of hydrogen-bond acceptors (Lipinski definition) is 3.